The lowest BCUT2D eigenvalue weighted by molar-refractivity contribution is -0.170. The van der Waals surface area contributed by atoms with Gasteiger partial charge in [0.25, 0.3) is 0 Å². The maximum absolute atomic E-state index is 12.3. The number of Topliss-reactive ketones (excluding diaryl/α,β-unsaturated/α-hetero) is 2. The smallest absolute Gasteiger partial charge is 0.294 e. The Balaban J connectivity index is 1.94. The summed E-state index contributed by atoms with van der Waals surface area (Å²) >= 11 is 0. The lowest BCUT2D eigenvalue weighted by Crippen LogP contribution is -2.25. The van der Waals surface area contributed by atoms with Crippen molar-refractivity contribution in [3.63, 3.8) is 0 Å². The molecule has 5 heteroatoms. The van der Waals surface area contributed by atoms with E-state index in [0.717, 1.165) is 17.5 Å². The summed E-state index contributed by atoms with van der Waals surface area (Å²) in [6.45, 7) is 2.20. The topological polar surface area (TPSA) is 34.1 Å². The second kappa shape index (κ2) is 10.2. The molecule has 0 radical (unpaired) electrons. The fourth-order valence-electron chi connectivity index (χ4n) is 2.99. The van der Waals surface area contributed by atoms with E-state index in [9.17, 15) is 22.8 Å². The summed E-state index contributed by atoms with van der Waals surface area (Å²) in [7, 11) is 0. The van der Waals surface area contributed by atoms with Crippen LogP contribution in [0.5, 0.6) is 0 Å². The van der Waals surface area contributed by atoms with Crippen molar-refractivity contribution in [2.75, 3.05) is 0 Å². The number of alkyl halides is 3. The average Bonchev–Trinajstić information content (AvgIpc) is 2.67. The summed E-state index contributed by atoms with van der Waals surface area (Å²) in [6, 6.07) is 14.5. The highest BCUT2D eigenvalue weighted by molar-refractivity contribution is 6.09. The van der Waals surface area contributed by atoms with Crippen molar-refractivity contribution < 1.29 is 22.8 Å². The van der Waals surface area contributed by atoms with E-state index >= 15 is 0 Å². The van der Waals surface area contributed by atoms with Crippen molar-refractivity contribution in [1.29, 1.82) is 0 Å². The molecule has 2 rings (SSSR count). The molecule has 2 aromatic rings. The summed E-state index contributed by atoms with van der Waals surface area (Å²) in [5, 5.41) is 0. The van der Waals surface area contributed by atoms with Gasteiger partial charge in [-0.05, 0) is 29.5 Å². The Kier molecular flexibility index (Phi) is 7.97. The molecule has 0 aliphatic heterocycles. The van der Waals surface area contributed by atoms with Crippen LogP contribution in [0.1, 0.15) is 61.4 Å². The van der Waals surface area contributed by atoms with Crippen molar-refractivity contribution in [3.8, 4) is 11.1 Å². The molecule has 0 saturated heterocycles. The standard InChI is InChI=1S/C23H25F3O2/c1-2-3-4-5-6-7-17-8-10-18(11-9-17)19-12-14-20(15-13-19)21(27)16-22(28)23(24,25)26/h8-15H,2-7,16H2,1H3. The monoisotopic (exact) mass is 390 g/mol. The van der Waals surface area contributed by atoms with E-state index in [1.807, 2.05) is 12.1 Å². The van der Waals surface area contributed by atoms with Crippen molar-refractivity contribution in [1.82, 2.24) is 0 Å². The molecule has 150 valence electrons. The number of rotatable bonds is 10. The van der Waals surface area contributed by atoms with Gasteiger partial charge < -0.3 is 0 Å². The zero-order valence-corrected chi connectivity index (χ0v) is 16.0. The third-order valence-electron chi connectivity index (χ3n) is 4.70. The molecule has 0 atom stereocenters. The van der Waals surface area contributed by atoms with E-state index in [1.165, 1.54) is 49.8 Å². The second-order valence-corrected chi connectivity index (χ2v) is 6.96. The van der Waals surface area contributed by atoms with Crippen LogP contribution in [-0.2, 0) is 11.2 Å². The normalized spacial score (nSPS) is 11.4. The molecule has 28 heavy (non-hydrogen) atoms. The highest BCUT2D eigenvalue weighted by Gasteiger charge is 2.39. The van der Waals surface area contributed by atoms with Crippen LogP contribution in [0.15, 0.2) is 48.5 Å². The maximum atomic E-state index is 12.3. The van der Waals surface area contributed by atoms with Crippen LogP contribution in [0.3, 0.4) is 0 Å². The number of unbranched alkanes of at least 4 members (excludes halogenated alkanes) is 4. The number of benzene rings is 2. The molecule has 0 fully saturated rings. The molecule has 0 bridgehead atoms. The molecule has 2 aromatic carbocycles. The minimum atomic E-state index is -4.98. The number of ketones is 2. The Hall–Kier alpha value is -2.43. The van der Waals surface area contributed by atoms with Gasteiger partial charge in [0, 0.05) is 5.56 Å². The first-order valence-electron chi connectivity index (χ1n) is 9.64. The van der Waals surface area contributed by atoms with Crippen LogP contribution in [-0.4, -0.2) is 17.7 Å². The van der Waals surface area contributed by atoms with Crippen molar-refractivity contribution in [3.05, 3.63) is 59.7 Å². The molecule has 0 heterocycles. The Labute approximate surface area is 163 Å². The predicted octanol–water partition coefficient (Wildman–Crippen LogP) is 6.57. The maximum Gasteiger partial charge on any atom is 0.450 e. The average molecular weight is 390 g/mol. The highest BCUT2D eigenvalue weighted by Crippen LogP contribution is 2.23. The third kappa shape index (κ3) is 6.63. The molecule has 0 saturated carbocycles. The van der Waals surface area contributed by atoms with Gasteiger partial charge in [0.05, 0.1) is 6.42 Å². The number of halogens is 3. The summed E-state index contributed by atoms with van der Waals surface area (Å²) < 4.78 is 36.8. The van der Waals surface area contributed by atoms with Crippen LogP contribution in [0, 0.1) is 0 Å². The first kappa shape index (κ1) is 21.9. The van der Waals surface area contributed by atoms with E-state index in [-0.39, 0.29) is 5.56 Å². The van der Waals surface area contributed by atoms with Gasteiger partial charge in [-0.3, -0.25) is 9.59 Å². The quantitative estimate of drug-likeness (QED) is 0.261. The molecule has 0 amide bonds. The van der Waals surface area contributed by atoms with Gasteiger partial charge in [0.1, 0.15) is 0 Å². The summed E-state index contributed by atoms with van der Waals surface area (Å²) in [4.78, 5) is 22.8. The lowest BCUT2D eigenvalue weighted by Gasteiger charge is -2.07. The second-order valence-electron chi connectivity index (χ2n) is 6.96. The van der Waals surface area contributed by atoms with Crippen LogP contribution in [0.25, 0.3) is 11.1 Å². The van der Waals surface area contributed by atoms with Crippen LogP contribution in [0.2, 0.25) is 0 Å². The highest BCUT2D eigenvalue weighted by atomic mass is 19.4. The molecule has 2 nitrogen and oxygen atoms in total. The Morgan fingerprint density at radius 2 is 1.32 bits per heavy atom. The first-order chi connectivity index (χ1) is 13.3. The summed E-state index contributed by atoms with van der Waals surface area (Å²) in [5.41, 5.74) is 3.22. The fourth-order valence-corrected chi connectivity index (χ4v) is 2.99. The summed E-state index contributed by atoms with van der Waals surface area (Å²) in [5.74, 6) is -2.85. The van der Waals surface area contributed by atoms with Crippen molar-refractivity contribution in [2.24, 2.45) is 0 Å². The number of hydrogen-bond donors (Lipinski definition) is 0. The lowest BCUT2D eigenvalue weighted by atomic mass is 9.98. The van der Waals surface area contributed by atoms with E-state index in [4.69, 9.17) is 0 Å². The van der Waals surface area contributed by atoms with Gasteiger partial charge in [-0.1, -0.05) is 81.1 Å². The largest absolute Gasteiger partial charge is 0.450 e. The molecular formula is C23H25F3O2. The number of carbonyl (C=O) groups is 2. The molecule has 0 aliphatic rings. The SMILES string of the molecule is CCCCCCCc1ccc(-c2ccc(C(=O)CC(=O)C(F)(F)F)cc2)cc1. The van der Waals surface area contributed by atoms with Crippen molar-refractivity contribution in [2.45, 2.75) is 58.0 Å². The minimum absolute atomic E-state index is 0.102. The first-order valence-corrected chi connectivity index (χ1v) is 9.64. The van der Waals surface area contributed by atoms with Gasteiger partial charge in [0.2, 0.25) is 5.78 Å². The van der Waals surface area contributed by atoms with Crippen LogP contribution >= 0.6 is 0 Å². The van der Waals surface area contributed by atoms with E-state index in [2.05, 4.69) is 19.1 Å². The molecule has 0 N–H and O–H groups in total. The van der Waals surface area contributed by atoms with E-state index < -0.39 is 24.2 Å². The summed E-state index contributed by atoms with van der Waals surface area (Å²) in [6.07, 6.45) is 1.11. The van der Waals surface area contributed by atoms with Gasteiger partial charge in [-0.15, -0.1) is 0 Å². The fraction of sp³-hybridized carbons (Fsp3) is 0.391. The Bertz CT molecular complexity index is 775. The van der Waals surface area contributed by atoms with E-state index in [1.54, 1.807) is 12.1 Å². The third-order valence-corrected chi connectivity index (χ3v) is 4.70. The molecule has 0 aliphatic carbocycles. The number of hydrogen-bond acceptors (Lipinski definition) is 2. The predicted molar refractivity (Wildman–Crippen MR) is 104 cm³/mol. The molecule has 0 spiro atoms. The zero-order chi connectivity index (χ0) is 20.6. The Morgan fingerprint density at radius 1 is 0.786 bits per heavy atom. The van der Waals surface area contributed by atoms with Gasteiger partial charge in [-0.2, -0.15) is 13.2 Å². The molecule has 0 unspecified atom stereocenters. The van der Waals surface area contributed by atoms with Crippen LogP contribution in [0.4, 0.5) is 13.2 Å². The molecule has 0 aromatic heterocycles. The van der Waals surface area contributed by atoms with Crippen LogP contribution < -0.4 is 0 Å². The minimum Gasteiger partial charge on any atom is -0.294 e. The van der Waals surface area contributed by atoms with E-state index in [0.29, 0.717) is 0 Å². The van der Waals surface area contributed by atoms with Gasteiger partial charge in [0.15, 0.2) is 5.78 Å². The van der Waals surface area contributed by atoms with Gasteiger partial charge >= 0.3 is 6.18 Å². The Morgan fingerprint density at radius 3 is 1.86 bits per heavy atom. The zero-order valence-electron chi connectivity index (χ0n) is 16.0. The van der Waals surface area contributed by atoms with Crippen molar-refractivity contribution >= 4 is 11.6 Å². The van der Waals surface area contributed by atoms with Gasteiger partial charge in [-0.25, -0.2) is 0 Å². The molecular weight excluding hydrogens is 365 g/mol. The number of carbonyl (C=O) groups excluding carboxylic acids is 2. The number of aryl methyl sites for hydroxylation is 1.